The molecule has 5 nitrogen and oxygen atoms in total. The third kappa shape index (κ3) is 4.99. The van der Waals surface area contributed by atoms with Crippen LogP contribution in [0, 0.1) is 6.92 Å². The van der Waals surface area contributed by atoms with E-state index in [0.29, 0.717) is 29.3 Å². The smallest absolute Gasteiger partial charge is 0.250 e. The van der Waals surface area contributed by atoms with Crippen LogP contribution in [0.2, 0.25) is 5.02 Å². The van der Waals surface area contributed by atoms with Crippen molar-refractivity contribution in [2.45, 2.75) is 19.8 Å². The minimum atomic E-state index is -0.576. The van der Waals surface area contributed by atoms with E-state index in [2.05, 4.69) is 5.32 Å². The van der Waals surface area contributed by atoms with Crippen molar-refractivity contribution in [2.75, 3.05) is 11.9 Å². The van der Waals surface area contributed by atoms with Crippen molar-refractivity contribution >= 4 is 29.1 Å². The van der Waals surface area contributed by atoms with Crippen molar-refractivity contribution in [1.29, 1.82) is 0 Å². The van der Waals surface area contributed by atoms with Gasteiger partial charge in [0.15, 0.2) is 0 Å². The first-order chi connectivity index (χ1) is 11.5. The van der Waals surface area contributed by atoms with Crippen LogP contribution in [0.25, 0.3) is 0 Å². The summed E-state index contributed by atoms with van der Waals surface area (Å²) >= 11 is 5.89. The summed E-state index contributed by atoms with van der Waals surface area (Å²) in [6.45, 7) is 2.32. The Labute approximate surface area is 145 Å². The molecule has 0 fully saturated rings. The summed E-state index contributed by atoms with van der Waals surface area (Å²) in [5.74, 6) is -0.0218. The third-order valence-corrected chi connectivity index (χ3v) is 3.64. The number of aryl methyl sites for hydroxylation is 1. The lowest BCUT2D eigenvalue weighted by atomic mass is 10.1. The van der Waals surface area contributed by atoms with E-state index < -0.39 is 5.91 Å². The second-order valence-corrected chi connectivity index (χ2v) is 5.76. The number of primary amides is 1. The van der Waals surface area contributed by atoms with Crippen molar-refractivity contribution in [3.8, 4) is 5.75 Å². The second-order valence-electron chi connectivity index (χ2n) is 5.32. The van der Waals surface area contributed by atoms with Crippen LogP contribution in [-0.2, 0) is 4.79 Å². The highest BCUT2D eigenvalue weighted by atomic mass is 35.5. The predicted molar refractivity (Wildman–Crippen MR) is 94.5 cm³/mol. The molecule has 2 aromatic rings. The van der Waals surface area contributed by atoms with Crippen LogP contribution in [0.3, 0.4) is 0 Å². The molecule has 24 heavy (non-hydrogen) atoms. The summed E-state index contributed by atoms with van der Waals surface area (Å²) < 4.78 is 5.64. The highest BCUT2D eigenvalue weighted by Crippen LogP contribution is 2.22. The fraction of sp³-hybridized carbons (Fsp3) is 0.222. The average molecular weight is 347 g/mol. The number of nitrogens with two attached hydrogens (primary N) is 1. The van der Waals surface area contributed by atoms with E-state index in [1.165, 1.54) is 0 Å². The molecule has 0 aromatic heterocycles. The molecule has 126 valence electrons. The molecule has 0 aliphatic carbocycles. The van der Waals surface area contributed by atoms with Gasteiger partial charge >= 0.3 is 0 Å². The fourth-order valence-corrected chi connectivity index (χ4v) is 2.44. The number of benzene rings is 2. The van der Waals surface area contributed by atoms with Crippen molar-refractivity contribution in [1.82, 2.24) is 0 Å². The summed E-state index contributed by atoms with van der Waals surface area (Å²) in [6, 6.07) is 12.0. The number of anilines is 1. The van der Waals surface area contributed by atoms with Crippen LogP contribution in [0.1, 0.15) is 28.8 Å². The minimum Gasteiger partial charge on any atom is -0.493 e. The second kappa shape index (κ2) is 8.36. The Kier molecular flexibility index (Phi) is 6.21. The zero-order valence-electron chi connectivity index (χ0n) is 13.3. The van der Waals surface area contributed by atoms with Crippen molar-refractivity contribution < 1.29 is 14.3 Å². The highest BCUT2D eigenvalue weighted by molar-refractivity contribution is 6.30. The van der Waals surface area contributed by atoms with E-state index in [9.17, 15) is 9.59 Å². The van der Waals surface area contributed by atoms with Gasteiger partial charge in [0.1, 0.15) is 5.75 Å². The molecule has 0 saturated heterocycles. The normalized spacial score (nSPS) is 10.2. The number of para-hydroxylation sites is 1. The van der Waals surface area contributed by atoms with Gasteiger partial charge in [0, 0.05) is 11.4 Å². The number of halogens is 1. The molecule has 2 amide bonds. The highest BCUT2D eigenvalue weighted by Gasteiger charge is 2.10. The summed E-state index contributed by atoms with van der Waals surface area (Å²) in [6.07, 6.45) is 0.826. The molecule has 0 aliphatic rings. The molecule has 0 atom stereocenters. The summed E-state index contributed by atoms with van der Waals surface area (Å²) in [5.41, 5.74) is 6.94. The zero-order chi connectivity index (χ0) is 17.5. The standard InChI is InChI=1S/C18H19ClN2O3/c1-12-11-13(19)8-9-16(12)24-10-4-7-17(22)21-15-6-3-2-5-14(15)18(20)23/h2-3,5-6,8-9,11H,4,7,10H2,1H3,(H2,20,23)(H,21,22). The minimum absolute atomic E-state index is 0.194. The van der Waals surface area contributed by atoms with Crippen LogP contribution < -0.4 is 15.8 Å². The molecule has 2 aromatic carbocycles. The monoisotopic (exact) mass is 346 g/mol. The molecule has 2 rings (SSSR count). The van der Waals surface area contributed by atoms with Crippen LogP contribution in [0.4, 0.5) is 5.69 Å². The molecule has 0 saturated carbocycles. The van der Waals surface area contributed by atoms with Gasteiger partial charge in [0.05, 0.1) is 17.9 Å². The van der Waals surface area contributed by atoms with Gasteiger partial charge in [-0.25, -0.2) is 0 Å². The number of carbonyl (C=O) groups excluding carboxylic acids is 2. The van der Waals surface area contributed by atoms with Gasteiger partial charge in [-0.15, -0.1) is 0 Å². The van der Waals surface area contributed by atoms with E-state index >= 15 is 0 Å². The molecule has 0 aliphatic heterocycles. The molecule has 0 spiro atoms. The van der Waals surface area contributed by atoms with Gasteiger partial charge in [-0.05, 0) is 49.2 Å². The molecule has 3 N–H and O–H groups in total. The maximum absolute atomic E-state index is 12.0. The van der Waals surface area contributed by atoms with Crippen LogP contribution in [0.15, 0.2) is 42.5 Å². The number of hydrogen-bond acceptors (Lipinski definition) is 3. The van der Waals surface area contributed by atoms with Crippen molar-refractivity contribution in [2.24, 2.45) is 5.73 Å². The lowest BCUT2D eigenvalue weighted by Crippen LogP contribution is -2.18. The van der Waals surface area contributed by atoms with E-state index in [0.717, 1.165) is 11.3 Å². The lowest BCUT2D eigenvalue weighted by molar-refractivity contribution is -0.116. The molecular weight excluding hydrogens is 328 g/mol. The number of hydrogen-bond donors (Lipinski definition) is 2. The molecule has 0 bridgehead atoms. The number of ether oxygens (including phenoxy) is 1. The quantitative estimate of drug-likeness (QED) is 0.752. The number of amides is 2. The maximum atomic E-state index is 12.0. The van der Waals surface area contributed by atoms with E-state index in [1.807, 2.05) is 13.0 Å². The Morgan fingerprint density at radius 3 is 2.67 bits per heavy atom. The van der Waals surface area contributed by atoms with Gasteiger partial charge in [0.25, 0.3) is 5.91 Å². The first-order valence-corrected chi connectivity index (χ1v) is 7.93. The largest absolute Gasteiger partial charge is 0.493 e. The Morgan fingerprint density at radius 2 is 1.96 bits per heavy atom. The Bertz CT molecular complexity index is 747. The van der Waals surface area contributed by atoms with Gasteiger partial charge < -0.3 is 15.8 Å². The third-order valence-electron chi connectivity index (χ3n) is 3.41. The number of rotatable bonds is 7. The number of carbonyl (C=O) groups is 2. The van der Waals surface area contributed by atoms with Gasteiger partial charge in [-0.1, -0.05) is 23.7 Å². The first-order valence-electron chi connectivity index (χ1n) is 7.55. The summed E-state index contributed by atoms with van der Waals surface area (Å²) in [5, 5.41) is 3.36. The van der Waals surface area contributed by atoms with Crippen molar-refractivity contribution in [3.05, 3.63) is 58.6 Å². The van der Waals surface area contributed by atoms with E-state index in [-0.39, 0.29) is 12.3 Å². The SMILES string of the molecule is Cc1cc(Cl)ccc1OCCCC(=O)Nc1ccccc1C(N)=O. The number of nitrogens with one attached hydrogen (secondary N) is 1. The van der Waals surface area contributed by atoms with Gasteiger partial charge in [-0.3, -0.25) is 9.59 Å². The Hall–Kier alpha value is -2.53. The van der Waals surface area contributed by atoms with Gasteiger partial charge in [0.2, 0.25) is 5.91 Å². The Morgan fingerprint density at radius 1 is 1.21 bits per heavy atom. The summed E-state index contributed by atoms with van der Waals surface area (Å²) in [4.78, 5) is 23.3. The van der Waals surface area contributed by atoms with E-state index in [4.69, 9.17) is 22.1 Å². The zero-order valence-corrected chi connectivity index (χ0v) is 14.1. The molecule has 0 radical (unpaired) electrons. The first kappa shape index (κ1) is 17.8. The van der Waals surface area contributed by atoms with Crippen LogP contribution in [-0.4, -0.2) is 18.4 Å². The Balaban J connectivity index is 1.81. The van der Waals surface area contributed by atoms with Gasteiger partial charge in [-0.2, -0.15) is 0 Å². The molecule has 0 unspecified atom stereocenters. The summed E-state index contributed by atoms with van der Waals surface area (Å²) in [7, 11) is 0. The van der Waals surface area contributed by atoms with Crippen LogP contribution >= 0.6 is 11.6 Å². The topological polar surface area (TPSA) is 81.4 Å². The lowest BCUT2D eigenvalue weighted by Gasteiger charge is -2.10. The average Bonchev–Trinajstić information content (AvgIpc) is 2.53. The molecule has 6 heteroatoms. The predicted octanol–water partition coefficient (Wildman–Crippen LogP) is 3.55. The molecule has 0 heterocycles. The molecular formula is C18H19ClN2O3. The van der Waals surface area contributed by atoms with E-state index in [1.54, 1.807) is 36.4 Å². The van der Waals surface area contributed by atoms with Crippen LogP contribution in [0.5, 0.6) is 5.75 Å². The van der Waals surface area contributed by atoms with Crippen molar-refractivity contribution in [3.63, 3.8) is 0 Å². The maximum Gasteiger partial charge on any atom is 0.250 e. The fourth-order valence-electron chi connectivity index (χ4n) is 2.21.